The molecule has 0 amide bonds. The maximum atomic E-state index is 2.89. The van der Waals surface area contributed by atoms with Crippen molar-refractivity contribution in [1.82, 2.24) is 14.7 Å². The van der Waals surface area contributed by atoms with Gasteiger partial charge in [0, 0.05) is 18.6 Å². The zero-order chi connectivity index (χ0) is 17.8. The third kappa shape index (κ3) is 3.26. The molecule has 0 aromatic carbocycles. The van der Waals surface area contributed by atoms with Crippen molar-refractivity contribution >= 4 is 0 Å². The minimum Gasteiger partial charge on any atom is -0.305 e. The molecule has 3 aliphatic heterocycles. The average molecular weight is 360 g/mol. The van der Waals surface area contributed by atoms with E-state index in [1.165, 1.54) is 103 Å². The first-order chi connectivity index (χ1) is 12.5. The largest absolute Gasteiger partial charge is 0.305 e. The summed E-state index contributed by atoms with van der Waals surface area (Å²) in [4.78, 5) is 8.28. The van der Waals surface area contributed by atoms with Crippen LogP contribution in [0.1, 0.15) is 71.1 Å². The van der Waals surface area contributed by atoms with Crippen LogP contribution in [0.3, 0.4) is 0 Å². The smallest absolute Gasteiger partial charge is 0.0223 e. The Kier molecular flexibility index (Phi) is 4.65. The summed E-state index contributed by atoms with van der Waals surface area (Å²) in [6.45, 7) is 10.7. The van der Waals surface area contributed by atoms with Gasteiger partial charge in [-0.25, -0.2) is 0 Å². The zero-order valence-electron chi connectivity index (χ0n) is 17.4. The molecule has 3 heteroatoms. The van der Waals surface area contributed by atoms with Crippen LogP contribution in [-0.4, -0.2) is 73.1 Å². The predicted octanol–water partition coefficient (Wildman–Crippen LogP) is 3.84. The molecule has 148 valence electrons. The molecule has 3 saturated heterocycles. The van der Waals surface area contributed by atoms with Crippen molar-refractivity contribution in [2.75, 3.05) is 46.3 Å². The summed E-state index contributed by atoms with van der Waals surface area (Å²) in [5, 5.41) is 0. The summed E-state index contributed by atoms with van der Waals surface area (Å²) < 4.78 is 0. The standard InChI is InChI=1S/C23H41N3/c1-19-14-22(15-19)5-12-26(13-6-22)21-16-23(17-21)7-10-25(11-8-23)20-4-3-9-24(2)18-20/h19-21H,3-18H2,1-2H3. The van der Waals surface area contributed by atoms with Gasteiger partial charge in [-0.15, -0.1) is 0 Å². The quantitative estimate of drug-likeness (QED) is 0.742. The van der Waals surface area contributed by atoms with Crippen molar-refractivity contribution < 1.29 is 0 Å². The average Bonchev–Trinajstić information content (AvgIpc) is 2.60. The van der Waals surface area contributed by atoms with E-state index in [1.54, 1.807) is 0 Å². The molecule has 5 aliphatic rings. The van der Waals surface area contributed by atoms with Crippen LogP contribution in [0.5, 0.6) is 0 Å². The second kappa shape index (κ2) is 6.74. The van der Waals surface area contributed by atoms with Crippen LogP contribution in [0.15, 0.2) is 0 Å². The van der Waals surface area contributed by atoms with Crippen LogP contribution < -0.4 is 0 Å². The highest BCUT2D eigenvalue weighted by Gasteiger charge is 2.50. The first-order valence-corrected chi connectivity index (χ1v) is 11.7. The Bertz CT molecular complexity index is 486. The van der Waals surface area contributed by atoms with Crippen molar-refractivity contribution in [3.8, 4) is 0 Å². The topological polar surface area (TPSA) is 9.72 Å². The van der Waals surface area contributed by atoms with Gasteiger partial charge in [0.1, 0.15) is 0 Å². The minimum absolute atomic E-state index is 0.738. The lowest BCUT2D eigenvalue weighted by Gasteiger charge is -2.59. The zero-order valence-corrected chi connectivity index (χ0v) is 17.4. The first kappa shape index (κ1) is 17.9. The Morgan fingerprint density at radius 3 is 1.77 bits per heavy atom. The molecule has 1 atom stereocenters. The van der Waals surface area contributed by atoms with Crippen LogP contribution in [0.4, 0.5) is 0 Å². The van der Waals surface area contributed by atoms with Gasteiger partial charge in [-0.2, -0.15) is 0 Å². The van der Waals surface area contributed by atoms with Gasteiger partial charge in [0.2, 0.25) is 0 Å². The van der Waals surface area contributed by atoms with Crippen molar-refractivity contribution in [2.45, 2.75) is 83.2 Å². The van der Waals surface area contributed by atoms with Gasteiger partial charge >= 0.3 is 0 Å². The number of likely N-dealkylation sites (N-methyl/N-ethyl adjacent to an activating group) is 1. The van der Waals surface area contributed by atoms with E-state index in [0.29, 0.717) is 0 Å². The van der Waals surface area contributed by atoms with Crippen molar-refractivity contribution in [2.24, 2.45) is 16.7 Å². The number of nitrogens with zero attached hydrogens (tertiary/aromatic N) is 3. The Hall–Kier alpha value is -0.120. The van der Waals surface area contributed by atoms with E-state index in [1.807, 2.05) is 0 Å². The molecule has 2 saturated carbocycles. The normalized spacial score (nSPS) is 39.0. The van der Waals surface area contributed by atoms with E-state index in [4.69, 9.17) is 0 Å². The molecule has 0 aromatic rings. The van der Waals surface area contributed by atoms with Crippen LogP contribution in [0, 0.1) is 16.7 Å². The SMILES string of the molecule is CC1CC2(CCN(C3CC4(CCN(C5CCCN(C)C5)CC4)C3)CC2)C1. The monoisotopic (exact) mass is 359 g/mol. The van der Waals surface area contributed by atoms with Gasteiger partial charge in [0.25, 0.3) is 0 Å². The van der Waals surface area contributed by atoms with Crippen molar-refractivity contribution in [3.05, 3.63) is 0 Å². The summed E-state index contributed by atoms with van der Waals surface area (Å²) in [5.74, 6) is 1.02. The number of hydrogen-bond acceptors (Lipinski definition) is 3. The highest BCUT2D eigenvalue weighted by Crippen LogP contribution is 2.55. The van der Waals surface area contributed by atoms with E-state index in [9.17, 15) is 0 Å². The summed E-state index contributed by atoms with van der Waals surface area (Å²) in [5.41, 5.74) is 1.53. The van der Waals surface area contributed by atoms with Crippen LogP contribution in [0.2, 0.25) is 0 Å². The van der Waals surface area contributed by atoms with Gasteiger partial charge in [-0.1, -0.05) is 6.92 Å². The number of piperidine rings is 3. The first-order valence-electron chi connectivity index (χ1n) is 11.7. The van der Waals surface area contributed by atoms with E-state index in [0.717, 1.165) is 28.8 Å². The molecular weight excluding hydrogens is 318 g/mol. The molecule has 0 aromatic heterocycles. The fourth-order valence-electron chi connectivity index (χ4n) is 7.60. The molecule has 3 heterocycles. The lowest BCUT2D eigenvalue weighted by molar-refractivity contribution is -0.0838. The third-order valence-corrected chi connectivity index (χ3v) is 9.25. The number of rotatable bonds is 2. The highest BCUT2D eigenvalue weighted by molar-refractivity contribution is 5.04. The summed E-state index contributed by atoms with van der Waals surface area (Å²) >= 11 is 0. The van der Waals surface area contributed by atoms with Crippen LogP contribution in [0.25, 0.3) is 0 Å². The number of hydrogen-bond donors (Lipinski definition) is 0. The summed E-state index contributed by atoms with van der Waals surface area (Å²) in [6.07, 6.45) is 14.9. The summed E-state index contributed by atoms with van der Waals surface area (Å²) in [7, 11) is 2.31. The van der Waals surface area contributed by atoms with Gasteiger partial charge in [-0.05, 0) is 121 Å². The van der Waals surface area contributed by atoms with E-state index < -0.39 is 0 Å². The molecule has 0 bridgehead atoms. The molecule has 2 spiro atoms. The van der Waals surface area contributed by atoms with Crippen molar-refractivity contribution in [3.63, 3.8) is 0 Å². The van der Waals surface area contributed by atoms with Crippen molar-refractivity contribution in [1.29, 1.82) is 0 Å². The number of likely N-dealkylation sites (tertiary alicyclic amines) is 3. The Morgan fingerprint density at radius 1 is 0.692 bits per heavy atom. The summed E-state index contributed by atoms with van der Waals surface area (Å²) in [6, 6.07) is 1.79. The van der Waals surface area contributed by atoms with Gasteiger partial charge < -0.3 is 9.80 Å². The highest BCUT2D eigenvalue weighted by atomic mass is 15.2. The predicted molar refractivity (Wildman–Crippen MR) is 108 cm³/mol. The van der Waals surface area contributed by atoms with Gasteiger partial charge in [0.05, 0.1) is 0 Å². The molecule has 1 unspecified atom stereocenters. The molecule has 5 fully saturated rings. The second-order valence-electron chi connectivity index (χ2n) is 11.2. The molecule has 0 N–H and O–H groups in total. The van der Waals surface area contributed by atoms with Crippen LogP contribution >= 0.6 is 0 Å². The molecule has 2 aliphatic carbocycles. The fraction of sp³-hybridized carbons (Fsp3) is 1.00. The maximum Gasteiger partial charge on any atom is 0.0223 e. The molecule has 5 rings (SSSR count). The fourth-order valence-corrected chi connectivity index (χ4v) is 7.60. The van der Waals surface area contributed by atoms with Gasteiger partial charge in [0.15, 0.2) is 0 Å². The second-order valence-corrected chi connectivity index (χ2v) is 11.2. The molecule has 26 heavy (non-hydrogen) atoms. The molecular formula is C23H41N3. The van der Waals surface area contributed by atoms with E-state index >= 15 is 0 Å². The molecule has 0 radical (unpaired) electrons. The van der Waals surface area contributed by atoms with Crippen LogP contribution in [-0.2, 0) is 0 Å². The van der Waals surface area contributed by atoms with E-state index in [2.05, 4.69) is 28.7 Å². The Balaban J connectivity index is 1.07. The molecule has 3 nitrogen and oxygen atoms in total. The Labute approximate surface area is 161 Å². The lowest BCUT2D eigenvalue weighted by atomic mass is 9.56. The lowest BCUT2D eigenvalue weighted by Crippen LogP contribution is -2.59. The third-order valence-electron chi connectivity index (χ3n) is 9.25. The van der Waals surface area contributed by atoms with E-state index in [-0.39, 0.29) is 0 Å². The minimum atomic E-state index is 0.738. The Morgan fingerprint density at radius 2 is 1.23 bits per heavy atom. The maximum absolute atomic E-state index is 2.89. The van der Waals surface area contributed by atoms with Gasteiger partial charge in [-0.3, -0.25) is 4.90 Å².